The van der Waals surface area contributed by atoms with Gasteiger partial charge in [-0.05, 0) is 0 Å². The molecule has 1 radical (unpaired) electrons. The topological polar surface area (TPSA) is 74.8 Å². The van der Waals surface area contributed by atoms with E-state index < -0.39 is 29.0 Å². The molecule has 2 aliphatic rings. The van der Waals surface area contributed by atoms with E-state index in [1.165, 1.54) is 7.05 Å². The van der Waals surface area contributed by atoms with E-state index in [1.807, 2.05) is 13.8 Å². The van der Waals surface area contributed by atoms with Crippen LogP contribution in [0.4, 0.5) is 5.69 Å². The first-order chi connectivity index (χ1) is 9.33. The Labute approximate surface area is 146 Å². The average Bonchev–Trinajstić information content (AvgIpc) is 2.43. The van der Waals surface area contributed by atoms with E-state index in [9.17, 15) is 19.2 Å². The number of imide groups is 2. The molecule has 2 heterocycles. The molecule has 0 N–H and O–H groups in total. The van der Waals surface area contributed by atoms with Crippen LogP contribution in [0, 0.1) is 25.3 Å². The van der Waals surface area contributed by atoms with Crippen LogP contribution in [0.25, 0.3) is 0 Å². The molecule has 1 aromatic rings. The second-order valence-electron chi connectivity index (χ2n) is 5.05. The van der Waals surface area contributed by atoms with Crippen LogP contribution in [0.15, 0.2) is 12.1 Å². The van der Waals surface area contributed by atoms with Crippen molar-refractivity contribution in [2.75, 3.05) is 11.9 Å². The number of hydrogen-bond donors (Lipinski definition) is 0. The Kier molecular flexibility index (Phi) is 3.66. The molecular weight excluding hydrogens is 349 g/mol. The van der Waals surface area contributed by atoms with Gasteiger partial charge in [-0.1, -0.05) is 19.5 Å². The van der Waals surface area contributed by atoms with Crippen LogP contribution in [-0.4, -0.2) is 35.6 Å². The number of nitrogens with zero attached hydrogens (tertiary/aromatic N) is 2. The van der Waals surface area contributed by atoms with Gasteiger partial charge < -0.3 is 0 Å². The number of hydrogen-bond acceptors (Lipinski definition) is 4. The van der Waals surface area contributed by atoms with E-state index in [0.717, 1.165) is 20.9 Å². The molecule has 2 fully saturated rings. The summed E-state index contributed by atoms with van der Waals surface area (Å²) in [6.45, 7) is 3.72. The van der Waals surface area contributed by atoms with Gasteiger partial charge in [-0.15, -0.1) is 6.07 Å². The summed E-state index contributed by atoms with van der Waals surface area (Å²) in [6.07, 6.45) is 0. The standard InChI is InChI=1S/C14H11N2O4.Y/c1-7-4-5-9(6-8(7)2)16-12(19)14(13(16)20)10(17)15(3)11(14)18;/h4,6H,1-3H3;/q-1;. The summed E-state index contributed by atoms with van der Waals surface area (Å²) in [5.41, 5.74) is 0.0217. The summed E-state index contributed by atoms with van der Waals surface area (Å²) in [7, 11) is 1.25. The molecule has 6 nitrogen and oxygen atoms in total. The van der Waals surface area contributed by atoms with Gasteiger partial charge in [0.05, 0.1) is 0 Å². The molecule has 1 spiro atoms. The first-order valence-electron chi connectivity index (χ1n) is 6.04. The van der Waals surface area contributed by atoms with Gasteiger partial charge in [0.2, 0.25) is 0 Å². The summed E-state index contributed by atoms with van der Waals surface area (Å²) in [5.74, 6) is -3.07. The number of benzene rings is 1. The van der Waals surface area contributed by atoms with Crippen LogP contribution < -0.4 is 4.90 Å². The second kappa shape index (κ2) is 4.81. The maximum atomic E-state index is 12.2. The summed E-state index contributed by atoms with van der Waals surface area (Å²) >= 11 is 0. The summed E-state index contributed by atoms with van der Waals surface area (Å²) < 4.78 is 0. The number of carbonyl (C=O) groups is 4. The number of β-lactam (4-membered cyclic amide) rings is 4. The third-order valence-electron chi connectivity index (χ3n) is 3.95. The van der Waals surface area contributed by atoms with E-state index in [2.05, 4.69) is 6.07 Å². The smallest absolute Gasteiger partial charge is 0.282 e. The quantitative estimate of drug-likeness (QED) is 0.400. The van der Waals surface area contributed by atoms with Crippen molar-refractivity contribution in [3.63, 3.8) is 0 Å². The molecule has 2 saturated heterocycles. The van der Waals surface area contributed by atoms with E-state index in [4.69, 9.17) is 0 Å². The van der Waals surface area contributed by atoms with Crippen molar-refractivity contribution < 1.29 is 51.9 Å². The van der Waals surface area contributed by atoms with Crippen molar-refractivity contribution in [3.05, 3.63) is 29.3 Å². The van der Waals surface area contributed by atoms with Gasteiger partial charge in [-0.25, -0.2) is 0 Å². The van der Waals surface area contributed by atoms with Crippen molar-refractivity contribution in [3.8, 4) is 0 Å². The SMILES string of the molecule is Cc1c[c-]c(N2C(=O)C3(C(=O)N(C)C3=O)C2=O)cc1C.[Y]. The third kappa shape index (κ3) is 1.66. The molecule has 0 aliphatic carbocycles. The summed E-state index contributed by atoms with van der Waals surface area (Å²) in [6, 6.07) is 6.11. The Morgan fingerprint density at radius 3 is 1.95 bits per heavy atom. The summed E-state index contributed by atoms with van der Waals surface area (Å²) in [5, 5.41) is 0. The van der Waals surface area contributed by atoms with Gasteiger partial charge in [-0.3, -0.25) is 29.0 Å². The Morgan fingerprint density at radius 1 is 0.952 bits per heavy atom. The molecular formula is C14H11N2O4Y-. The maximum absolute atomic E-state index is 12.2. The molecule has 2 aliphatic heterocycles. The zero-order valence-corrected chi connectivity index (χ0v) is 14.6. The van der Waals surface area contributed by atoms with Crippen molar-refractivity contribution >= 4 is 29.3 Å². The number of carbonyl (C=O) groups excluding carboxylic acids is 4. The Morgan fingerprint density at radius 2 is 1.48 bits per heavy atom. The average molecular weight is 360 g/mol. The van der Waals surface area contributed by atoms with E-state index >= 15 is 0 Å². The fraction of sp³-hybridized carbons (Fsp3) is 0.286. The van der Waals surface area contributed by atoms with Crippen LogP contribution in [0.5, 0.6) is 0 Å². The minimum absolute atomic E-state index is 0. The Hall–Kier alpha value is -1.40. The van der Waals surface area contributed by atoms with Gasteiger partial charge in [0, 0.05) is 39.8 Å². The van der Waals surface area contributed by atoms with E-state index in [-0.39, 0.29) is 38.4 Å². The number of rotatable bonds is 1. The second-order valence-corrected chi connectivity index (χ2v) is 5.05. The first-order valence-corrected chi connectivity index (χ1v) is 6.04. The molecule has 21 heavy (non-hydrogen) atoms. The van der Waals surface area contributed by atoms with E-state index in [1.54, 1.807) is 12.1 Å². The number of amides is 4. The van der Waals surface area contributed by atoms with Crippen LogP contribution in [-0.2, 0) is 51.9 Å². The fourth-order valence-electron chi connectivity index (χ4n) is 2.47. The van der Waals surface area contributed by atoms with Gasteiger partial charge >= 0.3 is 0 Å². The monoisotopic (exact) mass is 360 g/mol. The molecule has 0 saturated carbocycles. The first kappa shape index (κ1) is 16.0. The van der Waals surface area contributed by atoms with Crippen molar-refractivity contribution in [1.82, 2.24) is 4.90 Å². The van der Waals surface area contributed by atoms with Crippen LogP contribution in [0.3, 0.4) is 0 Å². The maximum Gasteiger partial charge on any atom is 0.285 e. The molecule has 1 aromatic carbocycles. The molecule has 4 amide bonds. The van der Waals surface area contributed by atoms with Crippen molar-refractivity contribution in [2.24, 2.45) is 5.41 Å². The van der Waals surface area contributed by atoms with Crippen molar-refractivity contribution in [2.45, 2.75) is 13.8 Å². The van der Waals surface area contributed by atoms with Crippen LogP contribution >= 0.6 is 0 Å². The zero-order valence-electron chi connectivity index (χ0n) is 11.8. The minimum Gasteiger partial charge on any atom is -0.282 e. The molecule has 105 valence electrons. The summed E-state index contributed by atoms with van der Waals surface area (Å²) in [4.78, 5) is 49.4. The van der Waals surface area contributed by atoms with Gasteiger partial charge in [0.1, 0.15) is 0 Å². The number of anilines is 1. The number of likely N-dealkylation sites (tertiary alicyclic amines) is 1. The largest absolute Gasteiger partial charge is 0.285 e. The van der Waals surface area contributed by atoms with Crippen molar-refractivity contribution in [1.29, 1.82) is 0 Å². The number of aryl methyl sites for hydroxylation is 2. The van der Waals surface area contributed by atoms with Crippen LogP contribution in [0.2, 0.25) is 0 Å². The van der Waals surface area contributed by atoms with Gasteiger partial charge in [-0.2, -0.15) is 23.3 Å². The molecule has 3 rings (SSSR count). The predicted molar refractivity (Wildman–Crippen MR) is 67.5 cm³/mol. The third-order valence-corrected chi connectivity index (χ3v) is 3.95. The molecule has 0 atom stereocenters. The van der Waals surface area contributed by atoms with E-state index in [0.29, 0.717) is 0 Å². The molecule has 0 unspecified atom stereocenters. The zero-order chi connectivity index (χ0) is 14.8. The van der Waals surface area contributed by atoms with Gasteiger partial charge in [0.15, 0.2) is 0 Å². The normalized spacial score (nSPS) is 19.4. The Balaban J connectivity index is 0.00000161. The minimum atomic E-state index is -2.11. The molecule has 0 bridgehead atoms. The van der Waals surface area contributed by atoms with Gasteiger partial charge in [0.25, 0.3) is 29.0 Å². The molecule has 0 aromatic heterocycles. The fourth-order valence-corrected chi connectivity index (χ4v) is 2.47. The Bertz CT molecular complexity index is 679. The predicted octanol–water partition coefficient (Wildman–Crippen LogP) is -0.0407. The molecule has 7 heteroatoms. The van der Waals surface area contributed by atoms with Crippen LogP contribution in [0.1, 0.15) is 11.1 Å².